The highest BCUT2D eigenvalue weighted by atomic mass is 35.5. The molecular formula is C22H26ClN3O4S. The third-order valence-corrected chi connectivity index (χ3v) is 7.50. The van der Waals surface area contributed by atoms with Crippen molar-refractivity contribution < 1.29 is 18.0 Å². The molecule has 1 aliphatic rings. The number of hydrogen-bond acceptors (Lipinski definition) is 4. The largest absolute Gasteiger partial charge is 0.350 e. The molecule has 0 bridgehead atoms. The number of rotatable bonds is 6. The van der Waals surface area contributed by atoms with E-state index in [0.29, 0.717) is 10.7 Å². The summed E-state index contributed by atoms with van der Waals surface area (Å²) in [6.45, 7) is 4.69. The Hall–Kier alpha value is -2.42. The van der Waals surface area contributed by atoms with Gasteiger partial charge in [-0.1, -0.05) is 48.0 Å². The van der Waals surface area contributed by atoms with E-state index in [1.165, 1.54) is 11.8 Å². The number of amides is 2. The number of sulfonamides is 1. The minimum absolute atomic E-state index is 0.151. The van der Waals surface area contributed by atoms with Gasteiger partial charge in [-0.15, -0.1) is 0 Å². The minimum Gasteiger partial charge on any atom is -0.350 e. The van der Waals surface area contributed by atoms with Crippen LogP contribution in [0.2, 0.25) is 5.02 Å². The Morgan fingerprint density at radius 2 is 1.87 bits per heavy atom. The van der Waals surface area contributed by atoms with Crippen LogP contribution in [0.4, 0.5) is 5.69 Å². The van der Waals surface area contributed by atoms with Gasteiger partial charge >= 0.3 is 0 Å². The quantitative estimate of drug-likeness (QED) is 0.713. The standard InChI is InChI=1S/C22H26ClN3O4S/c1-4-31(29,30)25-14-20(27)26(19-12-18(23)11-10-16(19)2)22(3,15-25)21(28)24-13-17-8-6-5-7-9-17/h5-12H,4,13-15H2,1-3H3,(H,24,28)/t22-/m1/s1. The van der Waals surface area contributed by atoms with E-state index in [0.717, 1.165) is 15.4 Å². The lowest BCUT2D eigenvalue weighted by atomic mass is 9.93. The van der Waals surface area contributed by atoms with Crippen molar-refractivity contribution in [3.8, 4) is 0 Å². The molecule has 2 aromatic carbocycles. The maximum Gasteiger partial charge on any atom is 0.247 e. The van der Waals surface area contributed by atoms with E-state index in [1.807, 2.05) is 37.3 Å². The van der Waals surface area contributed by atoms with Crippen molar-refractivity contribution in [3.05, 3.63) is 64.7 Å². The number of halogens is 1. The number of hydrogen-bond donors (Lipinski definition) is 1. The summed E-state index contributed by atoms with van der Waals surface area (Å²) in [5, 5.41) is 3.29. The van der Waals surface area contributed by atoms with E-state index in [1.54, 1.807) is 25.1 Å². The molecule has 1 heterocycles. The molecule has 1 atom stereocenters. The molecule has 3 rings (SSSR count). The van der Waals surface area contributed by atoms with Gasteiger partial charge in [0.2, 0.25) is 21.8 Å². The van der Waals surface area contributed by atoms with Crippen molar-refractivity contribution in [1.82, 2.24) is 9.62 Å². The van der Waals surface area contributed by atoms with Gasteiger partial charge in [-0.3, -0.25) is 14.5 Å². The number of carbonyl (C=O) groups is 2. The molecule has 1 N–H and O–H groups in total. The van der Waals surface area contributed by atoms with Gasteiger partial charge in [-0.25, -0.2) is 8.42 Å². The first-order chi connectivity index (χ1) is 14.6. The van der Waals surface area contributed by atoms with Crippen molar-refractivity contribution in [3.63, 3.8) is 0 Å². The zero-order chi connectivity index (χ0) is 22.8. The Morgan fingerprint density at radius 1 is 1.19 bits per heavy atom. The minimum atomic E-state index is -3.67. The Morgan fingerprint density at radius 3 is 2.52 bits per heavy atom. The summed E-state index contributed by atoms with van der Waals surface area (Å²) in [7, 11) is -3.67. The molecule has 0 aromatic heterocycles. The molecule has 166 valence electrons. The first-order valence-corrected chi connectivity index (χ1v) is 12.0. The highest BCUT2D eigenvalue weighted by Crippen LogP contribution is 2.34. The SMILES string of the molecule is CCS(=O)(=O)N1CC(=O)N(c2cc(Cl)ccc2C)[C@@](C)(C(=O)NCc2ccccc2)C1. The Labute approximate surface area is 188 Å². The topological polar surface area (TPSA) is 86.8 Å². The summed E-state index contributed by atoms with van der Waals surface area (Å²) in [5.41, 5.74) is 0.682. The number of benzene rings is 2. The summed E-state index contributed by atoms with van der Waals surface area (Å²) in [6.07, 6.45) is 0. The lowest BCUT2D eigenvalue weighted by molar-refractivity contribution is -0.133. The summed E-state index contributed by atoms with van der Waals surface area (Å²) in [4.78, 5) is 28.0. The third kappa shape index (κ3) is 4.76. The average molecular weight is 464 g/mol. The smallest absolute Gasteiger partial charge is 0.247 e. The number of piperazine rings is 1. The second-order valence-electron chi connectivity index (χ2n) is 7.77. The molecule has 0 aliphatic carbocycles. The van der Waals surface area contributed by atoms with Crippen molar-refractivity contribution in [1.29, 1.82) is 0 Å². The van der Waals surface area contributed by atoms with E-state index >= 15 is 0 Å². The second-order valence-corrected chi connectivity index (χ2v) is 10.5. The third-order valence-electron chi connectivity index (χ3n) is 5.49. The second kappa shape index (κ2) is 8.98. The van der Waals surface area contributed by atoms with Gasteiger partial charge < -0.3 is 5.32 Å². The molecule has 0 saturated carbocycles. The number of anilines is 1. The van der Waals surface area contributed by atoms with Crippen molar-refractivity contribution >= 4 is 39.1 Å². The van der Waals surface area contributed by atoms with E-state index in [4.69, 9.17) is 11.6 Å². The molecular weight excluding hydrogens is 438 g/mol. The Bertz CT molecular complexity index is 1090. The number of carbonyl (C=O) groups excluding carboxylic acids is 2. The molecule has 31 heavy (non-hydrogen) atoms. The molecule has 9 heteroatoms. The normalized spacial score (nSPS) is 20.0. The van der Waals surface area contributed by atoms with Crippen LogP contribution < -0.4 is 10.2 Å². The molecule has 0 radical (unpaired) electrons. The summed E-state index contributed by atoms with van der Waals surface area (Å²) < 4.78 is 26.2. The molecule has 1 aliphatic heterocycles. The average Bonchev–Trinajstić information content (AvgIpc) is 2.74. The van der Waals surface area contributed by atoms with Crippen LogP contribution in [0.1, 0.15) is 25.0 Å². The summed E-state index contributed by atoms with van der Waals surface area (Å²) >= 11 is 6.18. The number of nitrogens with zero attached hydrogens (tertiary/aromatic N) is 2. The van der Waals surface area contributed by atoms with Gasteiger partial charge in [0.15, 0.2) is 0 Å². The fourth-order valence-corrected chi connectivity index (χ4v) is 5.00. The lowest BCUT2D eigenvalue weighted by Crippen LogP contribution is -2.70. The number of aryl methyl sites for hydroxylation is 1. The predicted octanol–water partition coefficient (Wildman–Crippen LogP) is 2.72. The van der Waals surface area contributed by atoms with Crippen LogP contribution in [-0.2, 0) is 26.2 Å². The maximum atomic E-state index is 13.4. The van der Waals surface area contributed by atoms with Crippen LogP contribution in [0.5, 0.6) is 0 Å². The van der Waals surface area contributed by atoms with Gasteiger partial charge in [-0.2, -0.15) is 4.31 Å². The van der Waals surface area contributed by atoms with Crippen LogP contribution in [-0.4, -0.2) is 48.9 Å². The van der Waals surface area contributed by atoms with Crippen LogP contribution in [0.3, 0.4) is 0 Å². The summed E-state index contributed by atoms with van der Waals surface area (Å²) in [6, 6.07) is 14.5. The molecule has 1 saturated heterocycles. The highest BCUT2D eigenvalue weighted by molar-refractivity contribution is 7.89. The molecule has 7 nitrogen and oxygen atoms in total. The van der Waals surface area contributed by atoms with E-state index < -0.39 is 27.4 Å². The van der Waals surface area contributed by atoms with Crippen molar-refractivity contribution in [2.75, 3.05) is 23.7 Å². The highest BCUT2D eigenvalue weighted by Gasteiger charge is 2.50. The fraction of sp³-hybridized carbons (Fsp3) is 0.364. The van der Waals surface area contributed by atoms with Gasteiger partial charge in [-0.05, 0) is 44.0 Å². The Kier molecular flexibility index (Phi) is 6.73. The van der Waals surface area contributed by atoms with E-state index in [-0.39, 0.29) is 25.4 Å². The first-order valence-electron chi connectivity index (χ1n) is 9.98. The monoisotopic (exact) mass is 463 g/mol. The molecule has 1 fully saturated rings. The van der Waals surface area contributed by atoms with Gasteiger partial charge in [0.1, 0.15) is 5.54 Å². The number of nitrogens with one attached hydrogen (secondary N) is 1. The van der Waals surface area contributed by atoms with Crippen molar-refractivity contribution in [2.24, 2.45) is 0 Å². The van der Waals surface area contributed by atoms with Gasteiger partial charge in [0, 0.05) is 23.8 Å². The fourth-order valence-electron chi connectivity index (χ4n) is 3.71. The van der Waals surface area contributed by atoms with Gasteiger partial charge in [0.05, 0.1) is 12.3 Å². The van der Waals surface area contributed by atoms with Crippen LogP contribution in [0.25, 0.3) is 0 Å². The van der Waals surface area contributed by atoms with E-state index in [9.17, 15) is 18.0 Å². The van der Waals surface area contributed by atoms with Crippen LogP contribution in [0, 0.1) is 6.92 Å². The van der Waals surface area contributed by atoms with Crippen molar-refractivity contribution in [2.45, 2.75) is 32.9 Å². The summed E-state index contributed by atoms with van der Waals surface area (Å²) in [5.74, 6) is -1.08. The molecule has 2 aromatic rings. The molecule has 0 unspecified atom stereocenters. The predicted molar refractivity (Wildman–Crippen MR) is 121 cm³/mol. The first kappa shape index (κ1) is 23.2. The van der Waals surface area contributed by atoms with Crippen LogP contribution in [0.15, 0.2) is 48.5 Å². The zero-order valence-electron chi connectivity index (χ0n) is 17.8. The lowest BCUT2D eigenvalue weighted by Gasteiger charge is -2.47. The van der Waals surface area contributed by atoms with Crippen LogP contribution >= 0.6 is 11.6 Å². The zero-order valence-corrected chi connectivity index (χ0v) is 19.3. The Balaban J connectivity index is 2.02. The maximum absolute atomic E-state index is 13.4. The van der Waals surface area contributed by atoms with Gasteiger partial charge in [0.25, 0.3) is 0 Å². The molecule has 2 amide bonds. The molecule has 0 spiro atoms. The van der Waals surface area contributed by atoms with E-state index in [2.05, 4.69) is 5.32 Å².